The highest BCUT2D eigenvalue weighted by Gasteiger charge is 2.30. The Morgan fingerprint density at radius 1 is 1.08 bits per heavy atom. The number of ether oxygens (including phenoxy) is 2. The highest BCUT2D eigenvalue weighted by Crippen LogP contribution is 1.98. The SMILES string of the molecule is COC(OC)[Si]N[Si](C)(OC)OC. The lowest BCUT2D eigenvalue weighted by Crippen LogP contribution is -2.56. The van der Waals surface area contributed by atoms with Gasteiger partial charge in [0.05, 0.1) is 0 Å². The van der Waals surface area contributed by atoms with Gasteiger partial charge in [-0.15, -0.1) is 0 Å². The van der Waals surface area contributed by atoms with Gasteiger partial charge in [0.1, 0.15) is 0 Å². The molecule has 0 spiro atoms. The molecule has 13 heavy (non-hydrogen) atoms. The molecule has 0 aromatic carbocycles. The van der Waals surface area contributed by atoms with E-state index in [-0.39, 0.29) is 5.91 Å². The van der Waals surface area contributed by atoms with Crippen LogP contribution in [0.4, 0.5) is 0 Å². The molecule has 0 bridgehead atoms. The topological polar surface area (TPSA) is 49.0 Å². The molecule has 0 heterocycles. The van der Waals surface area contributed by atoms with E-state index in [1.54, 1.807) is 28.4 Å². The van der Waals surface area contributed by atoms with E-state index >= 15 is 0 Å². The van der Waals surface area contributed by atoms with Gasteiger partial charge in [0.2, 0.25) is 9.68 Å². The molecular weight excluding hydrogens is 206 g/mol. The van der Waals surface area contributed by atoms with Crippen molar-refractivity contribution in [1.82, 2.24) is 4.65 Å². The van der Waals surface area contributed by atoms with Crippen LogP contribution in [0, 0.1) is 0 Å². The summed E-state index contributed by atoms with van der Waals surface area (Å²) in [7, 11) is 4.57. The average Bonchev–Trinajstić information content (AvgIpc) is 2.19. The van der Waals surface area contributed by atoms with Gasteiger partial charge in [-0.3, -0.25) is 0 Å². The average molecular weight is 223 g/mol. The molecule has 5 nitrogen and oxygen atoms in total. The first-order chi connectivity index (χ1) is 6.11. The summed E-state index contributed by atoms with van der Waals surface area (Å²) in [4.78, 5) is 0. The molecule has 0 saturated carbocycles. The zero-order valence-electron chi connectivity index (χ0n) is 8.71. The predicted molar refractivity (Wildman–Crippen MR) is 52.3 cm³/mol. The van der Waals surface area contributed by atoms with Crippen LogP contribution in [0.15, 0.2) is 0 Å². The number of hydrogen-bond donors (Lipinski definition) is 1. The number of rotatable bonds is 7. The summed E-state index contributed by atoms with van der Waals surface area (Å²) < 4.78 is 23.7. The molecular formula is C6H17NO4Si2. The van der Waals surface area contributed by atoms with Crippen molar-refractivity contribution in [3.63, 3.8) is 0 Å². The van der Waals surface area contributed by atoms with Gasteiger partial charge in [-0.1, -0.05) is 0 Å². The van der Waals surface area contributed by atoms with Crippen molar-refractivity contribution >= 4 is 18.4 Å². The summed E-state index contributed by atoms with van der Waals surface area (Å²) in [6.45, 7) is 1.92. The van der Waals surface area contributed by atoms with Gasteiger partial charge in [0.25, 0.3) is 0 Å². The Morgan fingerprint density at radius 3 is 1.85 bits per heavy atom. The zero-order valence-corrected chi connectivity index (χ0v) is 10.7. The summed E-state index contributed by atoms with van der Waals surface area (Å²) in [6, 6.07) is 0. The normalized spacial score (nSPS) is 12.5. The van der Waals surface area contributed by atoms with Crippen LogP contribution in [0.1, 0.15) is 0 Å². The van der Waals surface area contributed by atoms with Gasteiger partial charge in [-0.25, -0.2) is 0 Å². The van der Waals surface area contributed by atoms with E-state index in [2.05, 4.69) is 4.65 Å². The third-order valence-corrected chi connectivity index (χ3v) is 6.28. The standard InChI is InChI=1S/C6H17NO4Si2/c1-8-6(9-2)12-7-13(5,10-3)11-4/h6-7H,1-5H3. The van der Waals surface area contributed by atoms with Crippen LogP contribution in [-0.2, 0) is 18.3 Å². The summed E-state index contributed by atoms with van der Waals surface area (Å²) in [6.07, 6.45) is 0. The minimum Gasteiger partial charge on any atom is -0.387 e. The minimum absolute atomic E-state index is 0.239. The summed E-state index contributed by atoms with van der Waals surface area (Å²) in [5.41, 5.74) is 0. The van der Waals surface area contributed by atoms with Gasteiger partial charge in [-0.05, 0) is 6.55 Å². The van der Waals surface area contributed by atoms with E-state index in [1.165, 1.54) is 0 Å². The molecule has 0 fully saturated rings. The third kappa shape index (κ3) is 4.86. The fourth-order valence-electron chi connectivity index (χ4n) is 0.589. The minimum atomic E-state index is -2.19. The van der Waals surface area contributed by atoms with Crippen LogP contribution in [0.2, 0.25) is 6.55 Å². The van der Waals surface area contributed by atoms with Gasteiger partial charge < -0.3 is 23.0 Å². The Bertz CT molecular complexity index is 130. The van der Waals surface area contributed by atoms with Crippen molar-refractivity contribution in [2.75, 3.05) is 28.4 Å². The Kier molecular flexibility index (Phi) is 6.77. The van der Waals surface area contributed by atoms with Gasteiger partial charge in [0, 0.05) is 28.4 Å². The van der Waals surface area contributed by atoms with E-state index < -0.39 is 8.72 Å². The van der Waals surface area contributed by atoms with Crippen molar-refractivity contribution in [2.24, 2.45) is 0 Å². The number of nitrogens with one attached hydrogen (secondary N) is 1. The lowest BCUT2D eigenvalue weighted by atomic mass is 11.3. The van der Waals surface area contributed by atoms with Gasteiger partial charge in [0.15, 0.2) is 5.91 Å². The summed E-state index contributed by atoms with van der Waals surface area (Å²) in [5.74, 6) is -0.239. The van der Waals surface area contributed by atoms with Crippen molar-refractivity contribution in [3.05, 3.63) is 0 Å². The first-order valence-electron chi connectivity index (χ1n) is 3.80. The van der Waals surface area contributed by atoms with E-state index in [0.29, 0.717) is 9.68 Å². The number of hydrogen-bond acceptors (Lipinski definition) is 5. The number of methoxy groups -OCH3 is 2. The summed E-state index contributed by atoms with van der Waals surface area (Å²) >= 11 is 0. The van der Waals surface area contributed by atoms with Crippen molar-refractivity contribution in [3.8, 4) is 0 Å². The van der Waals surface area contributed by atoms with Gasteiger partial charge in [-0.2, -0.15) is 0 Å². The van der Waals surface area contributed by atoms with E-state index in [9.17, 15) is 0 Å². The second kappa shape index (κ2) is 6.65. The van der Waals surface area contributed by atoms with Crippen molar-refractivity contribution in [2.45, 2.75) is 12.5 Å². The van der Waals surface area contributed by atoms with Crippen LogP contribution in [-0.4, -0.2) is 52.8 Å². The van der Waals surface area contributed by atoms with Crippen LogP contribution in [0.5, 0.6) is 0 Å². The van der Waals surface area contributed by atoms with Gasteiger partial charge >= 0.3 is 8.72 Å². The molecule has 0 unspecified atom stereocenters. The Labute approximate surface area is 82.9 Å². The van der Waals surface area contributed by atoms with E-state index in [0.717, 1.165) is 0 Å². The zero-order chi connectivity index (χ0) is 10.3. The van der Waals surface area contributed by atoms with E-state index in [1.807, 2.05) is 6.55 Å². The molecule has 0 saturated heterocycles. The van der Waals surface area contributed by atoms with Crippen LogP contribution in [0.3, 0.4) is 0 Å². The molecule has 0 aromatic heterocycles. The smallest absolute Gasteiger partial charge is 0.387 e. The van der Waals surface area contributed by atoms with Crippen LogP contribution in [0.25, 0.3) is 0 Å². The first kappa shape index (κ1) is 13.2. The third-order valence-electron chi connectivity index (χ3n) is 1.62. The Morgan fingerprint density at radius 2 is 1.54 bits per heavy atom. The molecule has 1 N–H and O–H groups in total. The highest BCUT2D eigenvalue weighted by atomic mass is 28.4. The second-order valence-corrected chi connectivity index (χ2v) is 6.89. The molecule has 0 aliphatic rings. The quantitative estimate of drug-likeness (QED) is 0.471. The monoisotopic (exact) mass is 223 g/mol. The molecule has 0 aliphatic heterocycles. The first-order valence-corrected chi connectivity index (χ1v) is 7.20. The predicted octanol–water partition coefficient (Wildman–Crippen LogP) is -0.367. The molecule has 0 aliphatic carbocycles. The Hall–Kier alpha value is 0.234. The molecule has 0 atom stereocenters. The fourth-order valence-corrected chi connectivity index (χ4v) is 3.33. The van der Waals surface area contributed by atoms with Crippen molar-refractivity contribution in [1.29, 1.82) is 0 Å². The van der Waals surface area contributed by atoms with Crippen molar-refractivity contribution < 1.29 is 18.3 Å². The maximum atomic E-state index is 5.23. The molecule has 0 rings (SSSR count). The van der Waals surface area contributed by atoms with Crippen LogP contribution >= 0.6 is 0 Å². The molecule has 0 amide bonds. The lowest BCUT2D eigenvalue weighted by Gasteiger charge is -2.24. The molecule has 7 heteroatoms. The summed E-state index contributed by atoms with van der Waals surface area (Å²) in [5, 5.41) is 0. The lowest BCUT2D eigenvalue weighted by molar-refractivity contribution is -0.0448. The van der Waals surface area contributed by atoms with E-state index in [4.69, 9.17) is 18.3 Å². The largest absolute Gasteiger partial charge is 0.414 e. The maximum absolute atomic E-state index is 5.23. The fraction of sp³-hybridized carbons (Fsp3) is 1.00. The maximum Gasteiger partial charge on any atom is 0.414 e. The highest BCUT2D eigenvalue weighted by molar-refractivity contribution is 6.71. The van der Waals surface area contributed by atoms with Crippen LogP contribution < -0.4 is 4.65 Å². The molecule has 78 valence electrons. The molecule has 0 aromatic rings. The molecule has 2 radical (unpaired) electrons. The second-order valence-electron chi connectivity index (χ2n) is 2.43. The Balaban J connectivity index is 3.83.